The van der Waals surface area contributed by atoms with Crippen LogP contribution in [0.5, 0.6) is 0 Å². The van der Waals surface area contributed by atoms with Crippen molar-refractivity contribution in [2.45, 2.75) is 19.9 Å². The molecule has 30 heavy (non-hydrogen) atoms. The van der Waals surface area contributed by atoms with E-state index in [9.17, 15) is 13.2 Å². The van der Waals surface area contributed by atoms with E-state index in [1.165, 1.54) is 0 Å². The molecule has 1 aliphatic heterocycles. The number of nitrogens with one attached hydrogen (secondary N) is 1. The van der Waals surface area contributed by atoms with Crippen LogP contribution < -0.4 is 5.32 Å². The molecule has 1 aliphatic rings. The first-order chi connectivity index (χ1) is 14.4. The van der Waals surface area contributed by atoms with E-state index in [-0.39, 0.29) is 17.4 Å². The van der Waals surface area contributed by atoms with Crippen molar-refractivity contribution in [1.29, 1.82) is 0 Å². The van der Waals surface area contributed by atoms with Gasteiger partial charge in [0.25, 0.3) is 0 Å². The predicted octanol–water partition coefficient (Wildman–Crippen LogP) is 2.56. The summed E-state index contributed by atoms with van der Waals surface area (Å²) in [6.45, 7) is 2.20. The summed E-state index contributed by atoms with van der Waals surface area (Å²) < 4.78 is 23.1. The van der Waals surface area contributed by atoms with E-state index in [4.69, 9.17) is 0 Å². The summed E-state index contributed by atoms with van der Waals surface area (Å²) in [5.41, 5.74) is 4.31. The number of hydrogen-bond donors (Lipinski definition) is 1. The standard InChI is InChI=1S/C22H22N4O3S/c1-15-24-13-19(20-4-2-3-10-23-20)21(26-15)17-7-5-16(6-8-17)12-25-22(27)18-9-11-30(28,29)14-18/h2-8,10,13,18H,9,11-12,14H2,1H3,(H,25,27). The molecule has 2 aromatic heterocycles. The molecule has 4 rings (SSSR count). The molecule has 3 heterocycles. The second-order valence-electron chi connectivity index (χ2n) is 7.41. The van der Waals surface area contributed by atoms with Crippen molar-refractivity contribution in [3.8, 4) is 22.5 Å². The molecular weight excluding hydrogens is 400 g/mol. The van der Waals surface area contributed by atoms with E-state index in [2.05, 4.69) is 20.3 Å². The summed E-state index contributed by atoms with van der Waals surface area (Å²) in [4.78, 5) is 25.6. The first-order valence-corrected chi connectivity index (χ1v) is 11.6. The molecule has 7 nitrogen and oxygen atoms in total. The van der Waals surface area contributed by atoms with E-state index >= 15 is 0 Å². The van der Waals surface area contributed by atoms with Crippen molar-refractivity contribution in [3.63, 3.8) is 0 Å². The van der Waals surface area contributed by atoms with Crippen LogP contribution in [0.15, 0.2) is 54.9 Å². The zero-order valence-electron chi connectivity index (χ0n) is 16.6. The van der Waals surface area contributed by atoms with Crippen molar-refractivity contribution in [2.75, 3.05) is 11.5 Å². The number of rotatable bonds is 5. The Morgan fingerprint density at radius 3 is 2.60 bits per heavy atom. The van der Waals surface area contributed by atoms with Crippen molar-refractivity contribution < 1.29 is 13.2 Å². The first kappa shape index (κ1) is 20.2. The highest BCUT2D eigenvalue weighted by atomic mass is 32.2. The van der Waals surface area contributed by atoms with Crippen molar-refractivity contribution in [3.05, 3.63) is 66.2 Å². The maximum absolute atomic E-state index is 12.2. The van der Waals surface area contributed by atoms with Gasteiger partial charge in [0, 0.05) is 30.1 Å². The fraction of sp³-hybridized carbons (Fsp3) is 0.273. The summed E-state index contributed by atoms with van der Waals surface area (Å²) in [5.74, 6) is 0.0634. The average molecular weight is 423 g/mol. The van der Waals surface area contributed by atoms with Crippen LogP contribution in [0.1, 0.15) is 17.8 Å². The Hall–Kier alpha value is -3.13. The number of aromatic nitrogens is 3. The van der Waals surface area contributed by atoms with Crippen LogP contribution in [0, 0.1) is 12.8 Å². The van der Waals surface area contributed by atoms with Crippen molar-refractivity contribution in [2.24, 2.45) is 5.92 Å². The fourth-order valence-corrected chi connectivity index (χ4v) is 5.26. The molecule has 1 aromatic carbocycles. The molecule has 1 N–H and O–H groups in total. The third-order valence-corrected chi connectivity index (χ3v) is 6.92. The number of benzene rings is 1. The maximum Gasteiger partial charge on any atom is 0.224 e. The van der Waals surface area contributed by atoms with E-state index in [0.717, 1.165) is 28.1 Å². The molecule has 0 radical (unpaired) electrons. The Morgan fingerprint density at radius 1 is 1.13 bits per heavy atom. The van der Waals surface area contributed by atoms with Crippen LogP contribution in [0.25, 0.3) is 22.5 Å². The number of sulfone groups is 1. The van der Waals surface area contributed by atoms with Crippen LogP contribution in [0.3, 0.4) is 0 Å². The molecule has 154 valence electrons. The van der Waals surface area contributed by atoms with Gasteiger partial charge in [0.2, 0.25) is 5.91 Å². The first-order valence-electron chi connectivity index (χ1n) is 9.74. The SMILES string of the molecule is Cc1ncc(-c2ccccn2)c(-c2ccc(CNC(=O)C3CCS(=O)(=O)C3)cc2)n1. The van der Waals surface area contributed by atoms with Gasteiger partial charge in [-0.2, -0.15) is 0 Å². The lowest BCUT2D eigenvalue weighted by molar-refractivity contribution is -0.124. The van der Waals surface area contributed by atoms with Gasteiger partial charge in [-0.05, 0) is 31.0 Å². The van der Waals surface area contributed by atoms with Gasteiger partial charge in [0.1, 0.15) is 5.82 Å². The molecule has 1 saturated heterocycles. The van der Waals surface area contributed by atoms with Crippen LogP contribution in [-0.4, -0.2) is 40.8 Å². The highest BCUT2D eigenvalue weighted by Gasteiger charge is 2.32. The fourth-order valence-electron chi connectivity index (χ4n) is 3.52. The summed E-state index contributed by atoms with van der Waals surface area (Å²) in [6, 6.07) is 13.5. The minimum Gasteiger partial charge on any atom is -0.352 e. The lowest BCUT2D eigenvalue weighted by Crippen LogP contribution is -2.30. The summed E-state index contributed by atoms with van der Waals surface area (Å²) in [6.07, 6.45) is 3.92. The molecule has 8 heteroatoms. The van der Waals surface area contributed by atoms with Crippen LogP contribution in [0.2, 0.25) is 0 Å². The van der Waals surface area contributed by atoms with Crippen molar-refractivity contribution >= 4 is 15.7 Å². The molecular formula is C22H22N4O3S. The van der Waals surface area contributed by atoms with Gasteiger partial charge in [-0.15, -0.1) is 0 Å². The number of carbonyl (C=O) groups excluding carboxylic acids is 1. The van der Waals surface area contributed by atoms with Gasteiger partial charge in [0.15, 0.2) is 9.84 Å². The predicted molar refractivity (Wildman–Crippen MR) is 114 cm³/mol. The van der Waals surface area contributed by atoms with Gasteiger partial charge in [-0.25, -0.2) is 18.4 Å². The van der Waals surface area contributed by atoms with Gasteiger partial charge in [-0.1, -0.05) is 30.3 Å². The molecule has 0 spiro atoms. The van der Waals surface area contributed by atoms with Crippen LogP contribution in [-0.2, 0) is 21.2 Å². The van der Waals surface area contributed by atoms with Gasteiger partial charge < -0.3 is 5.32 Å². The Kier molecular flexibility index (Phi) is 5.59. The second kappa shape index (κ2) is 8.31. The molecule has 0 aliphatic carbocycles. The normalized spacial score (nSPS) is 17.6. The maximum atomic E-state index is 12.2. The minimum atomic E-state index is -3.07. The monoisotopic (exact) mass is 422 g/mol. The largest absolute Gasteiger partial charge is 0.352 e. The minimum absolute atomic E-state index is 0.0544. The quantitative estimate of drug-likeness (QED) is 0.678. The number of pyridine rings is 1. The summed E-state index contributed by atoms with van der Waals surface area (Å²) >= 11 is 0. The number of nitrogens with zero attached hydrogens (tertiary/aromatic N) is 3. The summed E-state index contributed by atoms with van der Waals surface area (Å²) in [5, 5.41) is 2.85. The number of aryl methyl sites for hydroxylation is 1. The number of carbonyl (C=O) groups is 1. The molecule has 1 atom stereocenters. The van der Waals surface area contributed by atoms with E-state index < -0.39 is 15.8 Å². The van der Waals surface area contributed by atoms with E-state index in [0.29, 0.717) is 18.8 Å². The average Bonchev–Trinajstić information content (AvgIpc) is 3.13. The molecule has 1 fully saturated rings. The van der Waals surface area contributed by atoms with E-state index in [1.807, 2.05) is 49.4 Å². The highest BCUT2D eigenvalue weighted by Crippen LogP contribution is 2.29. The van der Waals surface area contributed by atoms with Gasteiger partial charge >= 0.3 is 0 Å². The molecule has 1 amide bonds. The molecule has 1 unspecified atom stereocenters. The van der Waals surface area contributed by atoms with Crippen molar-refractivity contribution in [1.82, 2.24) is 20.3 Å². The Morgan fingerprint density at radius 2 is 1.93 bits per heavy atom. The van der Waals surface area contributed by atoms with Gasteiger partial charge in [-0.3, -0.25) is 9.78 Å². The molecule has 0 bridgehead atoms. The summed E-state index contributed by atoms with van der Waals surface area (Å²) in [7, 11) is -3.07. The smallest absolute Gasteiger partial charge is 0.224 e. The zero-order chi connectivity index (χ0) is 21.1. The van der Waals surface area contributed by atoms with Crippen LogP contribution >= 0.6 is 0 Å². The van der Waals surface area contributed by atoms with E-state index in [1.54, 1.807) is 12.4 Å². The Bertz CT molecular complexity index is 1160. The Labute approximate surface area is 175 Å². The highest BCUT2D eigenvalue weighted by molar-refractivity contribution is 7.91. The Balaban J connectivity index is 1.49. The topological polar surface area (TPSA) is 102 Å². The third-order valence-electron chi connectivity index (χ3n) is 5.15. The lowest BCUT2D eigenvalue weighted by Gasteiger charge is -2.11. The van der Waals surface area contributed by atoms with Gasteiger partial charge in [0.05, 0.1) is 28.8 Å². The number of amides is 1. The molecule has 3 aromatic rings. The zero-order valence-corrected chi connectivity index (χ0v) is 17.4. The number of hydrogen-bond acceptors (Lipinski definition) is 6. The molecule has 0 saturated carbocycles. The second-order valence-corrected chi connectivity index (χ2v) is 9.64. The lowest BCUT2D eigenvalue weighted by atomic mass is 10.0. The third kappa shape index (κ3) is 4.54. The van der Waals surface area contributed by atoms with Crippen LogP contribution in [0.4, 0.5) is 0 Å².